The van der Waals surface area contributed by atoms with Crippen molar-refractivity contribution in [1.29, 1.82) is 0 Å². The summed E-state index contributed by atoms with van der Waals surface area (Å²) in [6.45, 7) is 3.70. The predicted octanol–water partition coefficient (Wildman–Crippen LogP) is 2.32. The number of hydrogen-bond acceptors (Lipinski definition) is 6. The molecule has 5 N–H and O–H groups in total. The van der Waals surface area contributed by atoms with Gasteiger partial charge in [-0.3, -0.25) is 0 Å². The molecule has 0 spiro atoms. The van der Waals surface area contributed by atoms with Gasteiger partial charge in [0.25, 0.3) is 8.32 Å². The minimum absolute atomic E-state index is 0.474. The first-order valence-electron chi connectivity index (χ1n) is 12.5. The van der Waals surface area contributed by atoms with Crippen LogP contribution in [0.25, 0.3) is 0 Å². The van der Waals surface area contributed by atoms with Crippen LogP contribution in [0, 0.1) is 0 Å². The average molecular weight is 543 g/mol. The van der Waals surface area contributed by atoms with Crippen LogP contribution in [0.2, 0.25) is 10.1 Å². The molecule has 1 aliphatic heterocycles. The van der Waals surface area contributed by atoms with Crippen LogP contribution in [0.5, 0.6) is 0 Å². The van der Waals surface area contributed by atoms with Crippen LogP contribution in [0.3, 0.4) is 0 Å². The number of ether oxygens (including phenoxy) is 1. The third-order valence-corrected chi connectivity index (χ3v) is 12.6. The van der Waals surface area contributed by atoms with Crippen molar-refractivity contribution in [2.24, 2.45) is 0 Å². The quantitative estimate of drug-likeness (QED) is 0.279. The van der Waals surface area contributed by atoms with Crippen LogP contribution >= 0.6 is 11.6 Å². The third kappa shape index (κ3) is 5.41. The monoisotopic (exact) mass is 542 g/mol. The van der Waals surface area contributed by atoms with E-state index in [-0.39, 0.29) is 0 Å². The molecule has 1 heterocycles. The molecule has 3 unspecified atom stereocenters. The lowest BCUT2D eigenvalue weighted by atomic mass is 9.90. The van der Waals surface area contributed by atoms with E-state index in [0.29, 0.717) is 23.4 Å². The molecule has 0 aromatic heterocycles. The Morgan fingerprint density at radius 2 is 1.41 bits per heavy atom. The fourth-order valence-electron chi connectivity index (χ4n) is 5.28. The number of hydrogen-bond donors (Lipinski definition) is 5. The van der Waals surface area contributed by atoms with E-state index in [1.165, 1.54) is 0 Å². The maximum Gasteiger partial charge on any atom is 0.258 e. The summed E-state index contributed by atoms with van der Waals surface area (Å²) in [5, 5.41) is 42.4. The van der Waals surface area contributed by atoms with Gasteiger partial charge in [-0.15, -0.1) is 0 Å². The highest BCUT2D eigenvalue weighted by Gasteiger charge is 2.49. The van der Waals surface area contributed by atoms with Gasteiger partial charge in [-0.2, -0.15) is 0 Å². The van der Waals surface area contributed by atoms with Crippen LogP contribution < -0.4 is 10.4 Å². The Labute approximate surface area is 223 Å². The van der Waals surface area contributed by atoms with Gasteiger partial charge in [-0.05, 0) is 45.4 Å². The Morgan fingerprint density at radius 3 is 1.95 bits per heavy atom. The molecule has 6 nitrogen and oxygen atoms in total. The lowest BCUT2D eigenvalue weighted by Crippen LogP contribution is -2.65. The molecule has 5 atom stereocenters. The molecule has 8 heteroatoms. The van der Waals surface area contributed by atoms with Gasteiger partial charge in [0, 0.05) is 5.02 Å². The molecule has 4 rings (SSSR count). The van der Waals surface area contributed by atoms with Crippen molar-refractivity contribution in [3.63, 3.8) is 0 Å². The number of benzene rings is 3. The van der Waals surface area contributed by atoms with E-state index in [1.54, 1.807) is 12.1 Å². The van der Waals surface area contributed by atoms with Crippen molar-refractivity contribution in [2.45, 2.75) is 62.2 Å². The zero-order chi connectivity index (χ0) is 26.8. The molecular weight excluding hydrogens is 508 g/mol. The first-order chi connectivity index (χ1) is 17.6. The van der Waals surface area contributed by atoms with Gasteiger partial charge >= 0.3 is 0 Å². The van der Waals surface area contributed by atoms with Crippen molar-refractivity contribution >= 4 is 30.3 Å². The summed E-state index contributed by atoms with van der Waals surface area (Å²) in [4.78, 5) is 12.4. The third-order valence-electron chi connectivity index (χ3n) is 7.67. The first-order valence-corrected chi connectivity index (χ1v) is 14.8. The number of aliphatic hydroxyl groups is 4. The molecule has 0 saturated carbocycles. The lowest BCUT2D eigenvalue weighted by Gasteiger charge is -2.41. The standard InChI is InChI=1S/C29H35ClO6Si/c1-29(2,37(35,21-9-5-3-6-10-21)22-11-7-4-8-12-22)16-15-19-17-20(13-14-23(19)30)28-27(34)26(33)25(32)24(18-31)36-28/h3-14,17,24-28,31-35H,15-16,18H2,1-2H3/t24?,25-,26?,27?,28+/m1/s1. The zero-order valence-electron chi connectivity index (χ0n) is 21.0. The molecule has 198 valence electrons. The van der Waals surface area contributed by atoms with Gasteiger partial charge in [-0.25, -0.2) is 0 Å². The second-order valence-electron chi connectivity index (χ2n) is 10.4. The van der Waals surface area contributed by atoms with Crippen LogP contribution in [0.4, 0.5) is 0 Å². The molecular formula is C29H35ClO6Si. The largest absolute Gasteiger partial charge is 0.424 e. The summed E-state index contributed by atoms with van der Waals surface area (Å²) in [6.07, 6.45) is -4.95. The summed E-state index contributed by atoms with van der Waals surface area (Å²) in [5.41, 5.74) is 1.41. The van der Waals surface area contributed by atoms with Crippen LogP contribution in [-0.2, 0) is 11.2 Å². The summed E-state index contributed by atoms with van der Waals surface area (Å²) in [7, 11) is -3.18. The van der Waals surface area contributed by atoms with E-state index < -0.39 is 50.5 Å². The average Bonchev–Trinajstić information content (AvgIpc) is 2.92. The predicted molar refractivity (Wildman–Crippen MR) is 147 cm³/mol. The Hall–Kier alpha value is -2.07. The van der Waals surface area contributed by atoms with Gasteiger partial charge in [0.15, 0.2) is 0 Å². The maximum absolute atomic E-state index is 12.4. The highest BCUT2D eigenvalue weighted by molar-refractivity contribution is 6.98. The topological polar surface area (TPSA) is 110 Å². The van der Waals surface area contributed by atoms with Crippen molar-refractivity contribution in [3.05, 3.63) is 95.0 Å². The zero-order valence-corrected chi connectivity index (χ0v) is 22.8. The second kappa shape index (κ2) is 11.4. The molecule has 0 radical (unpaired) electrons. The Kier molecular flexibility index (Phi) is 8.57. The van der Waals surface area contributed by atoms with Gasteiger partial charge < -0.3 is 30.0 Å². The molecule has 3 aromatic rings. The fourth-order valence-corrected chi connectivity index (χ4v) is 9.22. The van der Waals surface area contributed by atoms with E-state index >= 15 is 0 Å². The second-order valence-corrected chi connectivity index (χ2v) is 14.8. The lowest BCUT2D eigenvalue weighted by molar-refractivity contribution is -0.231. The molecule has 1 fully saturated rings. The summed E-state index contributed by atoms with van der Waals surface area (Å²) >= 11 is 6.57. The SMILES string of the molecule is CC(C)(CCc1cc([C@@H]2OC(CO)[C@@H](O)C(O)C2O)ccc1Cl)[Si](O)(c1ccccc1)c1ccccc1. The molecule has 0 aliphatic carbocycles. The molecule has 0 bridgehead atoms. The van der Waals surface area contributed by atoms with E-state index in [1.807, 2.05) is 66.7 Å². The highest BCUT2D eigenvalue weighted by atomic mass is 35.5. The number of rotatable bonds is 8. The van der Waals surface area contributed by atoms with Gasteiger partial charge in [0.2, 0.25) is 0 Å². The maximum atomic E-state index is 12.4. The van der Waals surface area contributed by atoms with Crippen LogP contribution in [0.15, 0.2) is 78.9 Å². The van der Waals surface area contributed by atoms with E-state index in [4.69, 9.17) is 16.3 Å². The van der Waals surface area contributed by atoms with Crippen molar-refractivity contribution in [3.8, 4) is 0 Å². The Balaban J connectivity index is 1.63. The molecule has 37 heavy (non-hydrogen) atoms. The normalized spacial score (nSPS) is 24.7. The smallest absolute Gasteiger partial charge is 0.258 e. The summed E-state index contributed by atoms with van der Waals surface area (Å²) in [5.74, 6) is 0. The van der Waals surface area contributed by atoms with Gasteiger partial charge in [0.05, 0.1) is 6.61 Å². The summed E-state index contributed by atoms with van der Waals surface area (Å²) < 4.78 is 5.74. The van der Waals surface area contributed by atoms with Gasteiger partial charge in [0.1, 0.15) is 30.5 Å². The van der Waals surface area contributed by atoms with Crippen molar-refractivity contribution in [2.75, 3.05) is 6.61 Å². The number of halogens is 1. The van der Waals surface area contributed by atoms with E-state index in [0.717, 1.165) is 15.9 Å². The molecule has 1 aliphatic rings. The summed E-state index contributed by atoms with van der Waals surface area (Å²) in [6, 6.07) is 24.9. The fraction of sp³-hybridized carbons (Fsp3) is 0.379. The highest BCUT2D eigenvalue weighted by Crippen LogP contribution is 2.41. The molecule has 1 saturated heterocycles. The van der Waals surface area contributed by atoms with Crippen LogP contribution in [0.1, 0.15) is 37.5 Å². The number of aryl methyl sites for hydroxylation is 1. The molecule has 0 amide bonds. The van der Waals surface area contributed by atoms with Gasteiger partial charge in [-0.1, -0.05) is 98.2 Å². The Bertz CT molecular complexity index is 1130. The number of aliphatic hydroxyl groups excluding tert-OH is 4. The first kappa shape index (κ1) is 27.9. The minimum atomic E-state index is -3.18. The minimum Gasteiger partial charge on any atom is -0.424 e. The Morgan fingerprint density at radius 1 is 0.838 bits per heavy atom. The van der Waals surface area contributed by atoms with E-state index in [9.17, 15) is 25.2 Å². The van der Waals surface area contributed by atoms with E-state index in [2.05, 4.69) is 13.8 Å². The van der Waals surface area contributed by atoms with Crippen molar-refractivity contribution in [1.82, 2.24) is 0 Å². The van der Waals surface area contributed by atoms with Crippen molar-refractivity contribution < 1.29 is 30.0 Å². The van der Waals surface area contributed by atoms with Crippen LogP contribution in [-0.4, -0.2) is 64.6 Å². The molecule has 3 aromatic carbocycles.